The van der Waals surface area contributed by atoms with E-state index in [1.807, 2.05) is 0 Å². The van der Waals surface area contributed by atoms with Crippen LogP contribution in [0.15, 0.2) is 24.5 Å². The van der Waals surface area contributed by atoms with Gasteiger partial charge in [0.1, 0.15) is 12.1 Å². The van der Waals surface area contributed by atoms with Gasteiger partial charge in [-0.3, -0.25) is 10.1 Å². The zero-order valence-corrected chi connectivity index (χ0v) is 11.5. The number of benzene rings is 1. The molecule has 0 spiro atoms. The highest BCUT2D eigenvalue weighted by Crippen LogP contribution is 2.24. The smallest absolute Gasteiger partial charge is 0.270 e. The van der Waals surface area contributed by atoms with Crippen LogP contribution in [0.1, 0.15) is 12.8 Å². The molecule has 1 aromatic heterocycles. The number of aromatic nitrogens is 2. The summed E-state index contributed by atoms with van der Waals surface area (Å²) in [5.74, 6) is 1.22. The highest BCUT2D eigenvalue weighted by molar-refractivity contribution is 5.90. The fourth-order valence-electron chi connectivity index (χ4n) is 2.50. The van der Waals surface area contributed by atoms with Gasteiger partial charge in [-0.15, -0.1) is 0 Å². The summed E-state index contributed by atoms with van der Waals surface area (Å²) in [6, 6.07) is 4.61. The van der Waals surface area contributed by atoms with Gasteiger partial charge >= 0.3 is 0 Å². The van der Waals surface area contributed by atoms with Gasteiger partial charge in [0.25, 0.3) is 5.69 Å². The van der Waals surface area contributed by atoms with Crippen LogP contribution in [0.5, 0.6) is 0 Å². The fourth-order valence-corrected chi connectivity index (χ4v) is 2.50. The van der Waals surface area contributed by atoms with Crippen LogP contribution in [-0.4, -0.2) is 34.6 Å². The molecule has 0 aliphatic carbocycles. The van der Waals surface area contributed by atoms with E-state index in [1.165, 1.54) is 18.5 Å². The van der Waals surface area contributed by atoms with Crippen molar-refractivity contribution in [1.82, 2.24) is 9.97 Å². The van der Waals surface area contributed by atoms with Crippen LogP contribution in [0, 0.1) is 16.0 Å². The molecule has 1 aromatic carbocycles. The molecule has 1 aliphatic heterocycles. The molecule has 0 radical (unpaired) electrons. The predicted molar refractivity (Wildman–Crippen MR) is 78.2 cm³/mol. The molecule has 1 N–H and O–H groups in total. The Bertz CT molecular complexity index is 656. The van der Waals surface area contributed by atoms with E-state index in [9.17, 15) is 10.1 Å². The first kappa shape index (κ1) is 13.7. The number of hydrogen-bond donors (Lipinski definition) is 1. The van der Waals surface area contributed by atoms with Crippen LogP contribution in [0.3, 0.4) is 0 Å². The zero-order chi connectivity index (χ0) is 14.7. The number of fused-ring (bicyclic) bond motifs is 1. The number of anilines is 1. The molecular weight excluding hydrogens is 272 g/mol. The number of ether oxygens (including phenoxy) is 1. The molecule has 0 amide bonds. The number of rotatable bonds is 5. The van der Waals surface area contributed by atoms with Crippen LogP contribution in [0.25, 0.3) is 10.9 Å². The van der Waals surface area contributed by atoms with Crippen molar-refractivity contribution in [2.24, 2.45) is 5.92 Å². The average molecular weight is 288 g/mol. The summed E-state index contributed by atoms with van der Waals surface area (Å²) in [4.78, 5) is 18.8. The number of hydrogen-bond acceptors (Lipinski definition) is 6. The van der Waals surface area contributed by atoms with Crippen molar-refractivity contribution >= 4 is 22.4 Å². The lowest BCUT2D eigenvalue weighted by molar-refractivity contribution is -0.384. The predicted octanol–water partition coefficient (Wildman–Crippen LogP) is 2.38. The second-order valence-corrected chi connectivity index (χ2v) is 5.13. The van der Waals surface area contributed by atoms with E-state index in [-0.39, 0.29) is 5.69 Å². The minimum atomic E-state index is -0.411. The van der Waals surface area contributed by atoms with E-state index in [4.69, 9.17) is 4.74 Å². The van der Waals surface area contributed by atoms with E-state index in [0.29, 0.717) is 22.6 Å². The molecule has 7 heteroatoms. The molecule has 0 bridgehead atoms. The Hall–Kier alpha value is -2.28. The molecule has 1 unspecified atom stereocenters. The maximum absolute atomic E-state index is 10.9. The van der Waals surface area contributed by atoms with Crippen LogP contribution < -0.4 is 5.32 Å². The van der Waals surface area contributed by atoms with E-state index in [2.05, 4.69) is 15.3 Å². The van der Waals surface area contributed by atoms with Gasteiger partial charge in [0.15, 0.2) is 0 Å². The summed E-state index contributed by atoms with van der Waals surface area (Å²) in [6.07, 6.45) is 3.56. The summed E-state index contributed by atoms with van der Waals surface area (Å²) in [7, 11) is 0. The summed E-state index contributed by atoms with van der Waals surface area (Å²) >= 11 is 0. The van der Waals surface area contributed by atoms with Gasteiger partial charge in [0.05, 0.1) is 10.4 Å². The quantitative estimate of drug-likeness (QED) is 0.671. The van der Waals surface area contributed by atoms with Crippen molar-refractivity contribution in [2.75, 3.05) is 25.1 Å². The maximum atomic E-state index is 10.9. The molecule has 2 aromatic rings. The molecule has 21 heavy (non-hydrogen) atoms. The number of non-ortho nitro benzene ring substituents is 1. The van der Waals surface area contributed by atoms with Gasteiger partial charge in [-0.1, -0.05) is 0 Å². The van der Waals surface area contributed by atoms with Gasteiger partial charge in [0.2, 0.25) is 0 Å². The lowest BCUT2D eigenvalue weighted by Gasteiger charge is -2.10. The Morgan fingerprint density at radius 2 is 2.33 bits per heavy atom. The van der Waals surface area contributed by atoms with Crippen LogP contribution >= 0.6 is 0 Å². The van der Waals surface area contributed by atoms with Crippen molar-refractivity contribution in [2.45, 2.75) is 12.8 Å². The van der Waals surface area contributed by atoms with Crippen molar-refractivity contribution in [3.05, 3.63) is 34.6 Å². The topological polar surface area (TPSA) is 90.2 Å². The van der Waals surface area contributed by atoms with E-state index < -0.39 is 4.92 Å². The number of nitrogens with one attached hydrogen (secondary N) is 1. The molecule has 3 rings (SSSR count). The number of nitro groups is 1. The third-order valence-corrected chi connectivity index (χ3v) is 3.70. The molecule has 1 aliphatic rings. The maximum Gasteiger partial charge on any atom is 0.270 e. The Morgan fingerprint density at radius 1 is 1.43 bits per heavy atom. The van der Waals surface area contributed by atoms with Crippen molar-refractivity contribution in [1.29, 1.82) is 0 Å². The normalized spacial score (nSPS) is 18.0. The Balaban J connectivity index is 1.76. The average Bonchev–Trinajstić information content (AvgIpc) is 3.00. The zero-order valence-electron chi connectivity index (χ0n) is 11.5. The van der Waals surface area contributed by atoms with Crippen molar-refractivity contribution in [3.63, 3.8) is 0 Å². The summed E-state index contributed by atoms with van der Waals surface area (Å²) < 4.78 is 5.34. The second-order valence-electron chi connectivity index (χ2n) is 5.13. The molecular formula is C14H16N4O3. The first-order chi connectivity index (χ1) is 10.2. The lowest BCUT2D eigenvalue weighted by Crippen LogP contribution is -2.10. The molecule has 2 heterocycles. The van der Waals surface area contributed by atoms with Gasteiger partial charge in [-0.2, -0.15) is 0 Å². The van der Waals surface area contributed by atoms with Crippen molar-refractivity contribution < 1.29 is 9.66 Å². The minimum absolute atomic E-state index is 0.0459. The molecule has 1 saturated heterocycles. The summed E-state index contributed by atoms with van der Waals surface area (Å²) in [6.45, 7) is 2.42. The molecule has 0 saturated carbocycles. The summed E-state index contributed by atoms with van der Waals surface area (Å²) in [5.41, 5.74) is 0.742. The molecule has 1 atom stereocenters. The highest BCUT2D eigenvalue weighted by Gasteiger charge is 2.15. The summed E-state index contributed by atoms with van der Waals surface area (Å²) in [5, 5.41) is 14.8. The van der Waals surface area contributed by atoms with Crippen LogP contribution in [-0.2, 0) is 4.74 Å². The second kappa shape index (κ2) is 6.01. The van der Waals surface area contributed by atoms with Gasteiger partial charge < -0.3 is 10.1 Å². The van der Waals surface area contributed by atoms with Gasteiger partial charge in [-0.25, -0.2) is 9.97 Å². The third kappa shape index (κ3) is 3.08. The van der Waals surface area contributed by atoms with E-state index in [0.717, 1.165) is 32.6 Å². The number of nitro benzene ring substituents is 1. The molecule has 7 nitrogen and oxygen atoms in total. The fraction of sp³-hybridized carbons (Fsp3) is 0.429. The van der Waals surface area contributed by atoms with Crippen molar-refractivity contribution in [3.8, 4) is 0 Å². The van der Waals surface area contributed by atoms with Crippen LogP contribution in [0.4, 0.5) is 11.5 Å². The van der Waals surface area contributed by atoms with Gasteiger partial charge in [-0.05, 0) is 24.8 Å². The lowest BCUT2D eigenvalue weighted by atomic mass is 10.1. The highest BCUT2D eigenvalue weighted by atomic mass is 16.6. The monoisotopic (exact) mass is 288 g/mol. The first-order valence-electron chi connectivity index (χ1n) is 6.95. The minimum Gasteiger partial charge on any atom is -0.381 e. The molecule has 110 valence electrons. The Morgan fingerprint density at radius 3 is 3.10 bits per heavy atom. The molecule has 1 fully saturated rings. The van der Waals surface area contributed by atoms with Crippen LogP contribution in [0.2, 0.25) is 0 Å². The number of nitrogens with zero attached hydrogens (tertiary/aromatic N) is 3. The van der Waals surface area contributed by atoms with E-state index >= 15 is 0 Å². The largest absolute Gasteiger partial charge is 0.381 e. The SMILES string of the molecule is O=[N+]([O-])c1ccc2ncnc(NCCC3CCOC3)c2c1. The third-order valence-electron chi connectivity index (χ3n) is 3.70. The Labute approximate surface area is 121 Å². The van der Waals surface area contributed by atoms with E-state index in [1.54, 1.807) is 6.07 Å². The first-order valence-corrected chi connectivity index (χ1v) is 6.95. The standard InChI is InChI=1S/C14H16N4O3/c19-18(20)11-1-2-13-12(7-11)14(17-9-16-13)15-5-3-10-4-6-21-8-10/h1-2,7,9-10H,3-6,8H2,(H,15,16,17). The Kier molecular flexibility index (Phi) is 3.92. The van der Waals surface area contributed by atoms with Gasteiger partial charge in [0, 0.05) is 37.3 Å².